The van der Waals surface area contributed by atoms with Gasteiger partial charge in [-0.2, -0.15) is 0 Å². The molecule has 0 spiro atoms. The Morgan fingerprint density at radius 1 is 1.00 bits per heavy atom. The van der Waals surface area contributed by atoms with Gasteiger partial charge in [0.2, 0.25) is 0 Å². The SMILES string of the molecule is CCOC(=O)C=Cc1ccc(NC(=O)N2CCCN(Cc3ccc(C)cc3)CC2)cc1. The van der Waals surface area contributed by atoms with Crippen LogP contribution in [0.1, 0.15) is 30.0 Å². The third-order valence-corrected chi connectivity index (χ3v) is 5.26. The number of anilines is 1. The summed E-state index contributed by atoms with van der Waals surface area (Å²) >= 11 is 0. The molecule has 0 bridgehead atoms. The lowest BCUT2D eigenvalue weighted by Gasteiger charge is -2.22. The van der Waals surface area contributed by atoms with Crippen LogP contribution in [0.2, 0.25) is 0 Å². The molecule has 164 valence electrons. The number of carbonyl (C=O) groups is 2. The van der Waals surface area contributed by atoms with Crippen molar-refractivity contribution in [2.24, 2.45) is 0 Å². The lowest BCUT2D eigenvalue weighted by Crippen LogP contribution is -2.38. The minimum atomic E-state index is -0.363. The molecule has 31 heavy (non-hydrogen) atoms. The molecule has 0 aromatic heterocycles. The lowest BCUT2D eigenvalue weighted by atomic mass is 10.1. The van der Waals surface area contributed by atoms with Crippen molar-refractivity contribution in [3.63, 3.8) is 0 Å². The molecule has 6 heteroatoms. The molecule has 0 radical (unpaired) electrons. The van der Waals surface area contributed by atoms with Crippen LogP contribution in [0, 0.1) is 6.92 Å². The second kappa shape index (κ2) is 11.3. The average Bonchev–Trinajstić information content (AvgIpc) is 3.01. The number of nitrogens with one attached hydrogen (secondary N) is 1. The minimum Gasteiger partial charge on any atom is -0.463 e. The number of esters is 1. The number of amides is 2. The number of benzene rings is 2. The molecular formula is C25H31N3O3. The predicted molar refractivity (Wildman–Crippen MR) is 124 cm³/mol. The largest absolute Gasteiger partial charge is 0.463 e. The van der Waals surface area contributed by atoms with Crippen molar-refractivity contribution < 1.29 is 14.3 Å². The standard InChI is InChI=1S/C25H31N3O3/c1-3-31-24(29)14-11-21-9-12-23(13-10-21)26-25(30)28-16-4-15-27(17-18-28)19-22-7-5-20(2)6-8-22/h5-14H,3-4,15-19H2,1-2H3,(H,26,30). The van der Waals surface area contributed by atoms with E-state index in [0.717, 1.165) is 43.9 Å². The van der Waals surface area contributed by atoms with Crippen molar-refractivity contribution in [1.29, 1.82) is 0 Å². The van der Waals surface area contributed by atoms with Gasteiger partial charge in [-0.25, -0.2) is 9.59 Å². The van der Waals surface area contributed by atoms with Crippen molar-refractivity contribution in [2.45, 2.75) is 26.8 Å². The molecule has 0 unspecified atom stereocenters. The smallest absolute Gasteiger partial charge is 0.330 e. The maximum absolute atomic E-state index is 12.7. The fourth-order valence-corrected chi connectivity index (χ4v) is 3.52. The fraction of sp³-hybridized carbons (Fsp3) is 0.360. The van der Waals surface area contributed by atoms with Gasteiger partial charge in [-0.15, -0.1) is 0 Å². The molecule has 1 heterocycles. The first-order chi connectivity index (χ1) is 15.0. The highest BCUT2D eigenvalue weighted by molar-refractivity contribution is 5.90. The Hall–Kier alpha value is -3.12. The van der Waals surface area contributed by atoms with E-state index >= 15 is 0 Å². The average molecular weight is 422 g/mol. The Labute approximate surface area is 184 Å². The summed E-state index contributed by atoms with van der Waals surface area (Å²) in [4.78, 5) is 28.4. The van der Waals surface area contributed by atoms with E-state index in [1.807, 2.05) is 29.2 Å². The first-order valence-electron chi connectivity index (χ1n) is 10.8. The Balaban J connectivity index is 1.49. The number of carbonyl (C=O) groups excluding carboxylic acids is 2. The molecule has 1 aliphatic rings. The molecule has 3 rings (SSSR count). The molecule has 0 aliphatic carbocycles. The molecule has 1 saturated heterocycles. The van der Waals surface area contributed by atoms with Gasteiger partial charge in [0.1, 0.15) is 0 Å². The van der Waals surface area contributed by atoms with Crippen LogP contribution in [0.5, 0.6) is 0 Å². The van der Waals surface area contributed by atoms with E-state index in [1.165, 1.54) is 17.2 Å². The van der Waals surface area contributed by atoms with E-state index < -0.39 is 0 Å². The molecule has 1 N–H and O–H groups in total. The molecule has 1 aliphatic heterocycles. The van der Waals surface area contributed by atoms with E-state index in [0.29, 0.717) is 13.2 Å². The Kier molecular flexibility index (Phi) is 8.24. The summed E-state index contributed by atoms with van der Waals surface area (Å²) in [6.45, 7) is 8.44. The van der Waals surface area contributed by atoms with E-state index in [1.54, 1.807) is 13.0 Å². The maximum atomic E-state index is 12.7. The molecule has 2 aromatic rings. The Morgan fingerprint density at radius 3 is 2.45 bits per heavy atom. The van der Waals surface area contributed by atoms with Gasteiger partial charge in [0.05, 0.1) is 6.61 Å². The van der Waals surface area contributed by atoms with E-state index in [4.69, 9.17) is 4.74 Å². The van der Waals surface area contributed by atoms with Gasteiger partial charge in [-0.05, 0) is 49.6 Å². The van der Waals surface area contributed by atoms with Crippen LogP contribution in [0.4, 0.5) is 10.5 Å². The third-order valence-electron chi connectivity index (χ3n) is 5.26. The monoisotopic (exact) mass is 421 g/mol. The molecule has 1 fully saturated rings. The number of nitrogens with zero attached hydrogens (tertiary/aromatic N) is 2. The van der Waals surface area contributed by atoms with Crippen molar-refractivity contribution in [1.82, 2.24) is 9.80 Å². The van der Waals surface area contributed by atoms with Gasteiger partial charge >= 0.3 is 12.0 Å². The van der Waals surface area contributed by atoms with Crippen molar-refractivity contribution in [3.05, 3.63) is 71.3 Å². The van der Waals surface area contributed by atoms with Crippen LogP contribution < -0.4 is 5.32 Å². The normalized spacial score (nSPS) is 15.0. The Bertz CT molecular complexity index is 891. The minimum absolute atomic E-state index is 0.0769. The van der Waals surface area contributed by atoms with Crippen molar-refractivity contribution in [2.75, 3.05) is 38.1 Å². The van der Waals surface area contributed by atoms with Gasteiger partial charge in [-0.3, -0.25) is 4.90 Å². The summed E-state index contributed by atoms with van der Waals surface area (Å²) in [6, 6.07) is 16.0. The van der Waals surface area contributed by atoms with Crippen LogP contribution in [0.3, 0.4) is 0 Å². The van der Waals surface area contributed by atoms with Crippen molar-refractivity contribution >= 4 is 23.8 Å². The summed E-state index contributed by atoms with van der Waals surface area (Å²) in [7, 11) is 0. The highest BCUT2D eigenvalue weighted by atomic mass is 16.5. The maximum Gasteiger partial charge on any atom is 0.330 e. The van der Waals surface area contributed by atoms with E-state index in [2.05, 4.69) is 41.4 Å². The summed E-state index contributed by atoms with van der Waals surface area (Å²) in [6.07, 6.45) is 4.05. The predicted octanol–water partition coefficient (Wildman–Crippen LogP) is 4.31. The zero-order chi connectivity index (χ0) is 22.1. The quantitative estimate of drug-likeness (QED) is 0.558. The lowest BCUT2D eigenvalue weighted by molar-refractivity contribution is -0.137. The molecule has 0 atom stereocenters. The zero-order valence-corrected chi connectivity index (χ0v) is 18.3. The number of urea groups is 1. The number of ether oxygens (including phenoxy) is 1. The van der Waals surface area contributed by atoms with Crippen LogP contribution >= 0.6 is 0 Å². The first-order valence-corrected chi connectivity index (χ1v) is 10.8. The van der Waals surface area contributed by atoms with Gasteiger partial charge in [0, 0.05) is 44.5 Å². The summed E-state index contributed by atoms with van der Waals surface area (Å²) in [5, 5.41) is 2.98. The first kappa shape index (κ1) is 22.6. The number of hydrogen-bond donors (Lipinski definition) is 1. The van der Waals surface area contributed by atoms with Gasteiger partial charge in [0.15, 0.2) is 0 Å². The topological polar surface area (TPSA) is 61.9 Å². The molecule has 2 aromatic carbocycles. The van der Waals surface area contributed by atoms with E-state index in [9.17, 15) is 9.59 Å². The van der Waals surface area contributed by atoms with E-state index in [-0.39, 0.29) is 12.0 Å². The molecule has 6 nitrogen and oxygen atoms in total. The van der Waals surface area contributed by atoms with Gasteiger partial charge in [0.25, 0.3) is 0 Å². The second-order valence-corrected chi connectivity index (χ2v) is 7.74. The van der Waals surface area contributed by atoms with Crippen molar-refractivity contribution in [3.8, 4) is 0 Å². The number of aryl methyl sites for hydroxylation is 1. The van der Waals surface area contributed by atoms with Crippen LogP contribution in [0.15, 0.2) is 54.6 Å². The summed E-state index contributed by atoms with van der Waals surface area (Å²) < 4.78 is 4.87. The van der Waals surface area contributed by atoms with Gasteiger partial charge in [-0.1, -0.05) is 42.0 Å². The second-order valence-electron chi connectivity index (χ2n) is 7.74. The number of hydrogen-bond acceptors (Lipinski definition) is 4. The Morgan fingerprint density at radius 2 is 1.74 bits per heavy atom. The molecular weight excluding hydrogens is 390 g/mol. The zero-order valence-electron chi connectivity index (χ0n) is 18.3. The number of rotatable bonds is 6. The summed E-state index contributed by atoms with van der Waals surface area (Å²) in [5.74, 6) is -0.363. The van der Waals surface area contributed by atoms with Gasteiger partial charge < -0.3 is 15.0 Å². The third kappa shape index (κ3) is 7.26. The van der Waals surface area contributed by atoms with Crippen LogP contribution in [-0.2, 0) is 16.1 Å². The highest BCUT2D eigenvalue weighted by Gasteiger charge is 2.19. The molecule has 2 amide bonds. The van der Waals surface area contributed by atoms with Crippen LogP contribution in [-0.4, -0.2) is 54.6 Å². The fourth-order valence-electron chi connectivity index (χ4n) is 3.52. The highest BCUT2D eigenvalue weighted by Crippen LogP contribution is 2.14. The summed E-state index contributed by atoms with van der Waals surface area (Å²) in [5.41, 5.74) is 4.18. The molecule has 0 saturated carbocycles. The van der Waals surface area contributed by atoms with Crippen LogP contribution in [0.25, 0.3) is 6.08 Å².